The monoisotopic (exact) mass is 408 g/mol. The fourth-order valence-electron chi connectivity index (χ4n) is 3.12. The Hall–Kier alpha value is -3.81. The Bertz CT molecular complexity index is 1220. The van der Waals surface area contributed by atoms with Crippen LogP contribution in [0, 0.1) is 13.8 Å². The van der Waals surface area contributed by atoms with Crippen LogP contribution in [0.2, 0.25) is 0 Å². The number of aryl methyl sites for hydroxylation is 2. The maximum Gasteiger partial charge on any atom is 0.387 e. The van der Waals surface area contributed by atoms with Gasteiger partial charge in [-0.15, -0.1) is 0 Å². The number of carbonyl (C=O) groups excluding carboxylic acids is 1. The van der Waals surface area contributed by atoms with Crippen molar-refractivity contribution in [1.29, 1.82) is 0 Å². The number of nitrogens with zero attached hydrogens (tertiary/aromatic N) is 3. The van der Waals surface area contributed by atoms with Crippen molar-refractivity contribution < 1.29 is 18.3 Å². The maximum absolute atomic E-state index is 12.9. The van der Waals surface area contributed by atoms with Crippen LogP contribution in [0.15, 0.2) is 60.9 Å². The number of carbonyl (C=O) groups is 1. The molecule has 1 N–H and O–H groups in total. The van der Waals surface area contributed by atoms with Gasteiger partial charge in [0.25, 0.3) is 5.91 Å². The topological polar surface area (TPSA) is 68.5 Å². The van der Waals surface area contributed by atoms with E-state index in [-0.39, 0.29) is 17.0 Å². The van der Waals surface area contributed by atoms with E-state index >= 15 is 0 Å². The zero-order valence-electron chi connectivity index (χ0n) is 16.3. The average Bonchev–Trinajstić information content (AvgIpc) is 3.15. The van der Waals surface area contributed by atoms with Gasteiger partial charge in [-0.25, -0.2) is 9.50 Å². The number of hydrogen-bond donors (Lipinski definition) is 1. The molecule has 152 valence electrons. The average molecular weight is 408 g/mol. The molecule has 2 heterocycles. The lowest BCUT2D eigenvalue weighted by atomic mass is 10.1. The molecule has 6 nitrogen and oxygen atoms in total. The highest BCUT2D eigenvalue weighted by Gasteiger charge is 2.19. The van der Waals surface area contributed by atoms with E-state index in [1.165, 1.54) is 12.3 Å². The van der Waals surface area contributed by atoms with Crippen LogP contribution < -0.4 is 10.1 Å². The summed E-state index contributed by atoms with van der Waals surface area (Å²) in [7, 11) is 0. The third-order valence-corrected chi connectivity index (χ3v) is 4.59. The molecule has 4 aromatic rings. The molecule has 30 heavy (non-hydrogen) atoms. The van der Waals surface area contributed by atoms with Crippen LogP contribution in [0.25, 0.3) is 16.9 Å². The quantitative estimate of drug-likeness (QED) is 0.512. The van der Waals surface area contributed by atoms with Crippen LogP contribution in [0.3, 0.4) is 0 Å². The molecule has 1 amide bonds. The van der Waals surface area contributed by atoms with E-state index in [1.54, 1.807) is 29.8 Å². The van der Waals surface area contributed by atoms with Crippen molar-refractivity contribution in [1.82, 2.24) is 14.6 Å². The van der Waals surface area contributed by atoms with Gasteiger partial charge in [-0.2, -0.15) is 13.9 Å². The Labute approximate surface area is 171 Å². The van der Waals surface area contributed by atoms with Crippen LogP contribution in [0.4, 0.5) is 14.5 Å². The van der Waals surface area contributed by atoms with Gasteiger partial charge in [-0.1, -0.05) is 35.9 Å². The van der Waals surface area contributed by atoms with Crippen molar-refractivity contribution in [3.05, 3.63) is 77.6 Å². The third kappa shape index (κ3) is 3.84. The second-order valence-electron chi connectivity index (χ2n) is 6.82. The summed E-state index contributed by atoms with van der Waals surface area (Å²) in [5.74, 6) is -0.642. The normalized spacial score (nSPS) is 11.1. The summed E-state index contributed by atoms with van der Waals surface area (Å²) in [5, 5.41) is 6.94. The van der Waals surface area contributed by atoms with Gasteiger partial charge in [0.1, 0.15) is 11.3 Å². The Morgan fingerprint density at radius 2 is 1.80 bits per heavy atom. The predicted molar refractivity (Wildman–Crippen MR) is 109 cm³/mol. The van der Waals surface area contributed by atoms with Crippen LogP contribution in [0.1, 0.15) is 21.5 Å². The number of hydrogen-bond acceptors (Lipinski definition) is 4. The SMILES string of the molecule is Cc1ccc(-c2ccnc3c(C(=O)Nc4cc(C)ccc4OC(F)F)cnn23)cc1. The predicted octanol–water partition coefficient (Wildman–Crippen LogP) is 4.87. The summed E-state index contributed by atoms with van der Waals surface area (Å²) in [5.41, 5.74) is 4.33. The highest BCUT2D eigenvalue weighted by Crippen LogP contribution is 2.28. The molecule has 8 heteroatoms. The molecule has 0 saturated heterocycles. The lowest BCUT2D eigenvalue weighted by Gasteiger charge is -2.12. The number of rotatable bonds is 5. The molecule has 0 unspecified atom stereocenters. The largest absolute Gasteiger partial charge is 0.433 e. The number of benzene rings is 2. The van der Waals surface area contributed by atoms with Gasteiger partial charge in [0, 0.05) is 11.8 Å². The zero-order valence-corrected chi connectivity index (χ0v) is 16.3. The number of alkyl halides is 2. The lowest BCUT2D eigenvalue weighted by Crippen LogP contribution is -2.14. The molecule has 2 aromatic carbocycles. The second-order valence-corrected chi connectivity index (χ2v) is 6.82. The van der Waals surface area contributed by atoms with Gasteiger partial charge >= 0.3 is 6.61 Å². The number of anilines is 1. The molecule has 2 aromatic heterocycles. The Morgan fingerprint density at radius 3 is 2.53 bits per heavy atom. The number of halogens is 2. The highest BCUT2D eigenvalue weighted by atomic mass is 19.3. The molecule has 0 radical (unpaired) electrons. The molecule has 0 saturated carbocycles. The van der Waals surface area contributed by atoms with Crippen LogP contribution >= 0.6 is 0 Å². The van der Waals surface area contributed by atoms with Gasteiger partial charge in [-0.3, -0.25) is 4.79 Å². The summed E-state index contributed by atoms with van der Waals surface area (Å²) >= 11 is 0. The first-order chi connectivity index (χ1) is 14.4. The van der Waals surface area contributed by atoms with E-state index in [2.05, 4.69) is 20.1 Å². The van der Waals surface area contributed by atoms with E-state index in [9.17, 15) is 13.6 Å². The summed E-state index contributed by atoms with van der Waals surface area (Å²) in [6.45, 7) is 0.783. The Morgan fingerprint density at radius 1 is 1.07 bits per heavy atom. The number of aromatic nitrogens is 3. The van der Waals surface area contributed by atoms with Crippen molar-refractivity contribution in [2.75, 3.05) is 5.32 Å². The first-order valence-electron chi connectivity index (χ1n) is 9.19. The number of nitrogens with one attached hydrogen (secondary N) is 1. The lowest BCUT2D eigenvalue weighted by molar-refractivity contribution is -0.0493. The number of ether oxygens (including phenoxy) is 1. The van der Waals surface area contributed by atoms with Crippen LogP contribution in [-0.4, -0.2) is 27.1 Å². The smallest absolute Gasteiger partial charge is 0.387 e. The Balaban J connectivity index is 1.69. The van der Waals surface area contributed by atoms with Crippen molar-refractivity contribution >= 4 is 17.2 Å². The zero-order chi connectivity index (χ0) is 21.3. The molecule has 0 fully saturated rings. The molecule has 0 atom stereocenters. The van der Waals surface area contributed by atoms with Gasteiger partial charge < -0.3 is 10.1 Å². The number of amides is 1. The Kier molecular flexibility index (Phi) is 5.14. The molecular weight excluding hydrogens is 390 g/mol. The molecule has 0 bridgehead atoms. The van der Waals surface area contributed by atoms with Crippen molar-refractivity contribution in [3.8, 4) is 17.0 Å². The van der Waals surface area contributed by atoms with Gasteiger partial charge in [-0.05, 0) is 37.6 Å². The first kappa shape index (κ1) is 19.5. The minimum atomic E-state index is -3.00. The first-order valence-corrected chi connectivity index (χ1v) is 9.19. The van der Waals surface area contributed by atoms with Gasteiger partial charge in [0.2, 0.25) is 0 Å². The van der Waals surface area contributed by atoms with E-state index < -0.39 is 12.5 Å². The molecule has 0 spiro atoms. The summed E-state index contributed by atoms with van der Waals surface area (Å²) in [6, 6.07) is 14.3. The summed E-state index contributed by atoms with van der Waals surface area (Å²) < 4.78 is 31.5. The molecule has 0 aliphatic rings. The fourth-order valence-corrected chi connectivity index (χ4v) is 3.12. The third-order valence-electron chi connectivity index (χ3n) is 4.59. The molecular formula is C22H18F2N4O2. The highest BCUT2D eigenvalue weighted by molar-refractivity contribution is 6.08. The standard InChI is InChI=1S/C22H18F2N4O2/c1-13-3-6-15(7-4-13)18-9-10-25-20-16(12-26-28(18)20)21(29)27-17-11-14(2)5-8-19(17)30-22(23)24/h3-12,22H,1-2H3,(H,27,29). The second kappa shape index (κ2) is 7.90. The van der Waals surface area contributed by atoms with Crippen molar-refractivity contribution in [3.63, 3.8) is 0 Å². The van der Waals surface area contributed by atoms with Crippen LogP contribution in [-0.2, 0) is 0 Å². The summed E-state index contributed by atoms with van der Waals surface area (Å²) in [4.78, 5) is 17.2. The van der Waals surface area contributed by atoms with Crippen molar-refractivity contribution in [2.45, 2.75) is 20.5 Å². The van der Waals surface area contributed by atoms with Gasteiger partial charge in [0.15, 0.2) is 5.65 Å². The minimum absolute atomic E-state index is 0.117. The van der Waals surface area contributed by atoms with Crippen molar-refractivity contribution in [2.24, 2.45) is 0 Å². The molecule has 0 aliphatic carbocycles. The van der Waals surface area contributed by atoms with Crippen LogP contribution in [0.5, 0.6) is 5.75 Å². The van der Waals surface area contributed by atoms with E-state index in [0.717, 1.165) is 22.4 Å². The maximum atomic E-state index is 12.9. The fraction of sp³-hybridized carbons (Fsp3) is 0.136. The molecule has 4 rings (SSSR count). The molecule has 0 aliphatic heterocycles. The summed E-state index contributed by atoms with van der Waals surface area (Å²) in [6.07, 6.45) is 3.00. The van der Waals surface area contributed by atoms with Gasteiger partial charge in [0.05, 0.1) is 17.6 Å². The van der Waals surface area contributed by atoms with E-state index in [4.69, 9.17) is 0 Å². The number of fused-ring (bicyclic) bond motifs is 1. The minimum Gasteiger partial charge on any atom is -0.433 e. The van der Waals surface area contributed by atoms with E-state index in [1.807, 2.05) is 37.3 Å². The van der Waals surface area contributed by atoms with E-state index in [0.29, 0.717) is 5.65 Å².